The SMILES string of the molecule is O=C(Nc1cccc(C#Cc2cnc3cccnn23)c1)N1N=CCC1c1ccc(F)cc1.O=C(O)C(F)(F)F. The van der Waals surface area contributed by atoms with E-state index in [-0.39, 0.29) is 17.9 Å². The van der Waals surface area contributed by atoms with Crippen LogP contribution < -0.4 is 5.32 Å². The van der Waals surface area contributed by atoms with Crippen LogP contribution in [0, 0.1) is 17.7 Å². The van der Waals surface area contributed by atoms with E-state index in [2.05, 4.69) is 32.3 Å². The highest BCUT2D eigenvalue weighted by Crippen LogP contribution is 2.29. The smallest absolute Gasteiger partial charge is 0.475 e. The molecule has 1 atom stereocenters. The number of carbonyl (C=O) groups excluding carboxylic acids is 1. The molecule has 0 bridgehead atoms. The fraction of sp³-hybridized carbons (Fsp3) is 0.115. The van der Waals surface area contributed by atoms with Gasteiger partial charge >= 0.3 is 18.2 Å². The minimum Gasteiger partial charge on any atom is -0.475 e. The fourth-order valence-electron chi connectivity index (χ4n) is 3.48. The molecule has 2 aromatic heterocycles. The average Bonchev–Trinajstić information content (AvgIpc) is 3.56. The van der Waals surface area contributed by atoms with Crippen molar-refractivity contribution in [3.8, 4) is 11.8 Å². The normalized spacial score (nSPS) is 14.3. The lowest BCUT2D eigenvalue weighted by molar-refractivity contribution is -0.192. The van der Waals surface area contributed by atoms with Crippen LogP contribution in [0.25, 0.3) is 5.65 Å². The van der Waals surface area contributed by atoms with Gasteiger partial charge in [-0.25, -0.2) is 28.5 Å². The van der Waals surface area contributed by atoms with E-state index >= 15 is 0 Å². The van der Waals surface area contributed by atoms with Crippen molar-refractivity contribution in [2.75, 3.05) is 5.32 Å². The molecule has 1 aliphatic heterocycles. The summed E-state index contributed by atoms with van der Waals surface area (Å²) in [6.45, 7) is 0. The van der Waals surface area contributed by atoms with Gasteiger partial charge in [-0.05, 0) is 53.9 Å². The summed E-state index contributed by atoms with van der Waals surface area (Å²) in [5, 5.41) is 19.8. The number of amides is 2. The number of urea groups is 1. The molecule has 0 aliphatic carbocycles. The number of aliphatic carboxylic acids is 1. The monoisotopic (exact) mass is 538 g/mol. The van der Waals surface area contributed by atoms with Crippen LogP contribution in [0.2, 0.25) is 0 Å². The van der Waals surface area contributed by atoms with Gasteiger partial charge in [-0.1, -0.05) is 24.1 Å². The Bertz CT molecular complexity index is 1590. The van der Waals surface area contributed by atoms with Crippen molar-refractivity contribution < 1.29 is 32.3 Å². The Labute approximate surface area is 218 Å². The number of halogens is 4. The zero-order valence-corrected chi connectivity index (χ0v) is 19.8. The minimum atomic E-state index is -5.08. The van der Waals surface area contributed by atoms with Crippen LogP contribution in [0.5, 0.6) is 0 Å². The molecule has 0 radical (unpaired) electrons. The number of hydrogen-bond acceptors (Lipinski definition) is 5. The van der Waals surface area contributed by atoms with Crippen molar-refractivity contribution in [1.29, 1.82) is 0 Å². The maximum Gasteiger partial charge on any atom is 0.490 e. The largest absolute Gasteiger partial charge is 0.490 e. The van der Waals surface area contributed by atoms with Crippen LogP contribution in [0.1, 0.15) is 29.3 Å². The third-order valence-electron chi connectivity index (χ3n) is 5.26. The van der Waals surface area contributed by atoms with E-state index in [1.54, 1.807) is 47.4 Å². The summed E-state index contributed by atoms with van der Waals surface area (Å²) in [6.07, 6.45) is 0.509. The van der Waals surface area contributed by atoms with E-state index in [0.29, 0.717) is 17.8 Å². The van der Waals surface area contributed by atoms with Crippen LogP contribution >= 0.6 is 0 Å². The van der Waals surface area contributed by atoms with Gasteiger partial charge in [-0.15, -0.1) is 0 Å². The molecule has 9 nitrogen and oxygen atoms in total. The van der Waals surface area contributed by atoms with E-state index in [4.69, 9.17) is 9.90 Å². The number of nitrogens with one attached hydrogen (secondary N) is 1. The van der Waals surface area contributed by atoms with Crippen molar-refractivity contribution in [1.82, 2.24) is 19.6 Å². The lowest BCUT2D eigenvalue weighted by Gasteiger charge is -2.22. The number of carboxylic acids is 1. The number of benzene rings is 2. The van der Waals surface area contributed by atoms with E-state index in [0.717, 1.165) is 16.8 Å². The summed E-state index contributed by atoms with van der Waals surface area (Å²) in [5.74, 6) is 3.07. The lowest BCUT2D eigenvalue weighted by Crippen LogP contribution is -2.31. The molecule has 0 saturated heterocycles. The molecule has 0 fully saturated rings. The molecule has 2 aromatic carbocycles. The van der Waals surface area contributed by atoms with Crippen LogP contribution in [0.4, 0.5) is 28.0 Å². The number of imidazole rings is 1. The Morgan fingerprint density at radius 1 is 1.05 bits per heavy atom. The maximum atomic E-state index is 13.2. The van der Waals surface area contributed by atoms with Gasteiger partial charge in [0.1, 0.15) is 11.5 Å². The maximum absolute atomic E-state index is 13.2. The van der Waals surface area contributed by atoms with Gasteiger partial charge in [-0.3, -0.25) is 0 Å². The van der Waals surface area contributed by atoms with Gasteiger partial charge in [0.15, 0.2) is 5.65 Å². The molecular formula is C26H18F4N6O3. The first kappa shape index (κ1) is 26.8. The van der Waals surface area contributed by atoms with Gasteiger partial charge in [0.05, 0.1) is 12.2 Å². The topological polar surface area (TPSA) is 112 Å². The van der Waals surface area contributed by atoms with Crippen molar-refractivity contribution in [3.63, 3.8) is 0 Å². The molecule has 2 N–H and O–H groups in total. The first-order valence-corrected chi connectivity index (χ1v) is 11.2. The zero-order valence-electron chi connectivity index (χ0n) is 19.8. The van der Waals surface area contributed by atoms with Gasteiger partial charge in [0.2, 0.25) is 0 Å². The van der Waals surface area contributed by atoms with Crippen molar-refractivity contribution in [3.05, 3.63) is 95.7 Å². The van der Waals surface area contributed by atoms with E-state index in [9.17, 15) is 22.4 Å². The van der Waals surface area contributed by atoms with Crippen LogP contribution in [0.3, 0.4) is 0 Å². The number of anilines is 1. The quantitative estimate of drug-likeness (QED) is 0.280. The number of hydrogen-bond donors (Lipinski definition) is 2. The average molecular weight is 538 g/mol. The number of carbonyl (C=O) groups is 2. The Morgan fingerprint density at radius 2 is 1.79 bits per heavy atom. The van der Waals surface area contributed by atoms with Crippen LogP contribution in [0.15, 0.2) is 78.2 Å². The third-order valence-corrected chi connectivity index (χ3v) is 5.26. The van der Waals surface area contributed by atoms with Crippen LogP contribution in [-0.2, 0) is 4.79 Å². The number of fused-ring (bicyclic) bond motifs is 1. The Kier molecular flexibility index (Phi) is 7.85. The first-order chi connectivity index (χ1) is 18.6. The molecule has 0 saturated carbocycles. The highest BCUT2D eigenvalue weighted by atomic mass is 19.4. The number of aromatic nitrogens is 3. The molecule has 13 heteroatoms. The number of alkyl halides is 3. The minimum absolute atomic E-state index is 0.277. The molecule has 3 heterocycles. The van der Waals surface area contributed by atoms with E-state index in [1.165, 1.54) is 17.1 Å². The predicted molar refractivity (Wildman–Crippen MR) is 132 cm³/mol. The second kappa shape index (κ2) is 11.4. The van der Waals surface area contributed by atoms with Crippen LogP contribution in [-0.4, -0.2) is 49.1 Å². The molecule has 39 heavy (non-hydrogen) atoms. The van der Waals surface area contributed by atoms with Gasteiger partial charge in [0.25, 0.3) is 0 Å². The number of rotatable bonds is 2. The highest BCUT2D eigenvalue weighted by molar-refractivity contribution is 5.91. The summed E-state index contributed by atoms with van der Waals surface area (Å²) in [5.41, 5.74) is 3.54. The summed E-state index contributed by atoms with van der Waals surface area (Å²) >= 11 is 0. The summed E-state index contributed by atoms with van der Waals surface area (Å²) in [7, 11) is 0. The standard InChI is InChI=1S/C24H17FN6O.C2HF3O2/c25-19-9-7-18(8-10-19)22-12-14-28-31(22)24(32)29-20-4-1-3-17(15-20)6-11-21-16-26-23-5-2-13-27-30(21)23;3-2(4,5)1(6)7/h1-5,7-10,13-16,22H,12H2,(H,29,32);(H,6,7). The van der Waals surface area contributed by atoms with Gasteiger partial charge in [-0.2, -0.15) is 23.4 Å². The van der Waals surface area contributed by atoms with Gasteiger partial charge in [0, 0.05) is 30.1 Å². The Hall–Kier alpha value is -5.25. The predicted octanol–water partition coefficient (Wildman–Crippen LogP) is 4.87. The summed E-state index contributed by atoms with van der Waals surface area (Å²) < 4.78 is 46.6. The molecule has 0 spiro atoms. The molecule has 2 amide bonds. The highest BCUT2D eigenvalue weighted by Gasteiger charge is 2.38. The second-order valence-electron chi connectivity index (χ2n) is 7.95. The first-order valence-electron chi connectivity index (χ1n) is 11.2. The van der Waals surface area contributed by atoms with Crippen molar-refractivity contribution >= 4 is 29.5 Å². The lowest BCUT2D eigenvalue weighted by atomic mass is 10.0. The number of carboxylic acid groups (broad SMARTS) is 1. The summed E-state index contributed by atoms with van der Waals surface area (Å²) in [6, 6.07) is 16.4. The fourth-order valence-corrected chi connectivity index (χ4v) is 3.48. The van der Waals surface area contributed by atoms with Gasteiger partial charge < -0.3 is 10.4 Å². The Balaban J connectivity index is 0.000000448. The molecule has 1 unspecified atom stereocenters. The number of nitrogens with zero attached hydrogens (tertiary/aromatic N) is 5. The van der Waals surface area contributed by atoms with Crippen molar-refractivity contribution in [2.45, 2.75) is 18.6 Å². The number of hydrazone groups is 1. The molecule has 4 aromatic rings. The summed E-state index contributed by atoms with van der Waals surface area (Å²) in [4.78, 5) is 26.0. The van der Waals surface area contributed by atoms with E-state index < -0.39 is 12.1 Å². The molecular weight excluding hydrogens is 520 g/mol. The van der Waals surface area contributed by atoms with E-state index in [1.807, 2.05) is 24.3 Å². The van der Waals surface area contributed by atoms with Crippen molar-refractivity contribution in [2.24, 2.45) is 5.10 Å². The second-order valence-corrected chi connectivity index (χ2v) is 7.95. The third kappa shape index (κ3) is 6.75. The zero-order chi connectivity index (χ0) is 28.0. The molecule has 1 aliphatic rings. The molecule has 198 valence electrons. The molecule has 5 rings (SSSR count). The Morgan fingerprint density at radius 3 is 2.51 bits per heavy atom.